The number of halogens is 2. The van der Waals surface area contributed by atoms with Crippen LogP contribution >= 0.6 is 34.5 Å². The molecule has 0 spiro atoms. The van der Waals surface area contributed by atoms with Gasteiger partial charge in [-0.05, 0) is 24.8 Å². The molecule has 1 aliphatic carbocycles. The molecular formula is C12H18Cl2N2O2S2. The minimum absolute atomic E-state index is 0.0448. The second kappa shape index (κ2) is 6.94. The number of nitrogens with two attached hydrogens (primary N) is 1. The summed E-state index contributed by atoms with van der Waals surface area (Å²) in [5, 5.41) is 0. The van der Waals surface area contributed by atoms with Crippen LogP contribution in [0.5, 0.6) is 0 Å². The fourth-order valence-corrected chi connectivity index (χ4v) is 6.11. The van der Waals surface area contributed by atoms with Gasteiger partial charge in [-0.2, -0.15) is 0 Å². The van der Waals surface area contributed by atoms with Gasteiger partial charge in [0.2, 0.25) is 10.0 Å². The van der Waals surface area contributed by atoms with Gasteiger partial charge < -0.3 is 5.73 Å². The van der Waals surface area contributed by atoms with Crippen molar-refractivity contribution in [3.05, 3.63) is 14.7 Å². The predicted octanol–water partition coefficient (Wildman–Crippen LogP) is 3.24. The first-order valence-electron chi connectivity index (χ1n) is 6.61. The Balaban J connectivity index is 2.15. The third-order valence-corrected chi connectivity index (χ3v) is 6.94. The molecule has 8 heteroatoms. The van der Waals surface area contributed by atoms with Crippen molar-refractivity contribution >= 4 is 44.6 Å². The Labute approximate surface area is 133 Å². The summed E-state index contributed by atoms with van der Waals surface area (Å²) in [5.74, 6) is 0.302. The summed E-state index contributed by atoms with van der Waals surface area (Å²) in [5.41, 5.74) is 5.75. The average Bonchev–Trinajstić information content (AvgIpc) is 2.77. The van der Waals surface area contributed by atoms with Gasteiger partial charge in [-0.15, -0.1) is 11.3 Å². The highest BCUT2D eigenvalue weighted by atomic mass is 35.5. The molecule has 0 radical (unpaired) electrons. The van der Waals surface area contributed by atoms with E-state index in [-0.39, 0.29) is 15.3 Å². The molecule has 2 rings (SSSR count). The van der Waals surface area contributed by atoms with E-state index in [0.717, 1.165) is 37.0 Å². The topological polar surface area (TPSA) is 72.2 Å². The minimum atomic E-state index is -3.67. The zero-order chi connectivity index (χ0) is 14.8. The second-order valence-corrected chi connectivity index (χ2v) is 9.02. The summed E-state index contributed by atoms with van der Waals surface area (Å²) in [4.78, 5) is 0.0448. The van der Waals surface area contributed by atoms with E-state index in [2.05, 4.69) is 4.72 Å². The van der Waals surface area contributed by atoms with Crippen LogP contribution in [0.15, 0.2) is 11.0 Å². The van der Waals surface area contributed by atoms with Gasteiger partial charge in [0.15, 0.2) is 0 Å². The van der Waals surface area contributed by atoms with Crippen molar-refractivity contribution in [2.24, 2.45) is 11.7 Å². The third-order valence-electron chi connectivity index (χ3n) is 3.69. The van der Waals surface area contributed by atoms with Crippen LogP contribution in [0.2, 0.25) is 8.67 Å². The van der Waals surface area contributed by atoms with Gasteiger partial charge in [0.05, 0.1) is 4.34 Å². The van der Waals surface area contributed by atoms with Crippen molar-refractivity contribution < 1.29 is 8.42 Å². The maximum absolute atomic E-state index is 12.4. The zero-order valence-electron chi connectivity index (χ0n) is 10.9. The standard InChI is InChI=1S/C12H18Cl2N2O2S2/c13-11-6-10(12(14)19-11)20(17,18)16-9(7-15)8-4-2-1-3-5-8/h6,8-9,16H,1-5,7,15H2. The van der Waals surface area contributed by atoms with Crippen molar-refractivity contribution in [1.82, 2.24) is 4.72 Å². The molecule has 1 aromatic rings. The number of sulfonamides is 1. The van der Waals surface area contributed by atoms with E-state index in [1.165, 1.54) is 12.5 Å². The molecule has 0 saturated heterocycles. The lowest BCUT2D eigenvalue weighted by Crippen LogP contribution is -2.45. The van der Waals surface area contributed by atoms with E-state index < -0.39 is 10.0 Å². The van der Waals surface area contributed by atoms with Gasteiger partial charge >= 0.3 is 0 Å². The molecular weight excluding hydrogens is 339 g/mol. The van der Waals surface area contributed by atoms with Crippen molar-refractivity contribution in [2.45, 2.75) is 43.0 Å². The molecule has 1 aliphatic rings. The first kappa shape index (κ1) is 16.5. The molecule has 1 heterocycles. The van der Waals surface area contributed by atoms with Gasteiger partial charge in [0.1, 0.15) is 9.23 Å². The lowest BCUT2D eigenvalue weighted by atomic mass is 9.84. The molecule has 4 nitrogen and oxygen atoms in total. The van der Waals surface area contributed by atoms with E-state index in [9.17, 15) is 8.42 Å². The van der Waals surface area contributed by atoms with Crippen LogP contribution in [0.1, 0.15) is 32.1 Å². The van der Waals surface area contributed by atoms with Crippen molar-refractivity contribution in [2.75, 3.05) is 6.54 Å². The van der Waals surface area contributed by atoms with E-state index in [4.69, 9.17) is 28.9 Å². The van der Waals surface area contributed by atoms with E-state index >= 15 is 0 Å². The Morgan fingerprint density at radius 1 is 1.35 bits per heavy atom. The maximum Gasteiger partial charge on any atom is 0.243 e. The molecule has 1 unspecified atom stereocenters. The van der Waals surface area contributed by atoms with E-state index in [0.29, 0.717) is 16.8 Å². The molecule has 0 aromatic carbocycles. The molecule has 114 valence electrons. The summed E-state index contributed by atoms with van der Waals surface area (Å²) in [6, 6.07) is 1.14. The smallest absolute Gasteiger partial charge is 0.243 e. The molecule has 0 aliphatic heterocycles. The largest absolute Gasteiger partial charge is 0.329 e. The van der Waals surface area contributed by atoms with Gasteiger partial charge in [-0.3, -0.25) is 0 Å². The second-order valence-electron chi connectivity index (χ2n) is 5.05. The van der Waals surface area contributed by atoms with Crippen LogP contribution < -0.4 is 10.5 Å². The van der Waals surface area contributed by atoms with Crippen LogP contribution in [-0.2, 0) is 10.0 Å². The highest BCUT2D eigenvalue weighted by Gasteiger charge is 2.29. The molecule has 1 fully saturated rings. The van der Waals surface area contributed by atoms with Gasteiger partial charge in [-0.25, -0.2) is 13.1 Å². The number of hydrogen-bond donors (Lipinski definition) is 2. The first-order valence-corrected chi connectivity index (χ1v) is 9.67. The minimum Gasteiger partial charge on any atom is -0.329 e. The summed E-state index contributed by atoms with van der Waals surface area (Å²) in [6.07, 6.45) is 5.51. The molecule has 1 saturated carbocycles. The Hall–Kier alpha value is 0.150. The SMILES string of the molecule is NCC(NS(=O)(=O)c1cc(Cl)sc1Cl)C1CCCCC1. The van der Waals surface area contributed by atoms with Crippen LogP contribution in [0.25, 0.3) is 0 Å². The Morgan fingerprint density at radius 2 is 2.00 bits per heavy atom. The van der Waals surface area contributed by atoms with Gasteiger partial charge in [-0.1, -0.05) is 42.5 Å². The maximum atomic E-state index is 12.4. The molecule has 1 atom stereocenters. The van der Waals surface area contributed by atoms with Crippen LogP contribution in [-0.4, -0.2) is 21.0 Å². The first-order chi connectivity index (χ1) is 9.44. The van der Waals surface area contributed by atoms with Crippen LogP contribution in [0, 0.1) is 5.92 Å². The number of thiophene rings is 1. The van der Waals surface area contributed by atoms with Crippen LogP contribution in [0.4, 0.5) is 0 Å². The quantitative estimate of drug-likeness (QED) is 0.850. The summed E-state index contributed by atoms with van der Waals surface area (Å²) >= 11 is 12.8. The van der Waals surface area contributed by atoms with Crippen LogP contribution in [0.3, 0.4) is 0 Å². The zero-order valence-corrected chi connectivity index (χ0v) is 14.1. The predicted molar refractivity (Wildman–Crippen MR) is 84.1 cm³/mol. The van der Waals surface area contributed by atoms with Gasteiger partial charge in [0, 0.05) is 12.6 Å². The highest BCUT2D eigenvalue weighted by molar-refractivity contribution is 7.89. The fourth-order valence-electron chi connectivity index (χ4n) is 2.64. The van der Waals surface area contributed by atoms with Gasteiger partial charge in [0.25, 0.3) is 0 Å². The number of rotatable bonds is 5. The summed E-state index contributed by atoms with van der Waals surface area (Å²) in [7, 11) is -3.67. The van der Waals surface area contributed by atoms with E-state index in [1.807, 2.05) is 0 Å². The third kappa shape index (κ3) is 3.87. The Morgan fingerprint density at radius 3 is 2.50 bits per heavy atom. The van der Waals surface area contributed by atoms with Crippen molar-refractivity contribution in [3.63, 3.8) is 0 Å². The highest BCUT2D eigenvalue weighted by Crippen LogP contribution is 2.35. The average molecular weight is 357 g/mol. The normalized spacial score (nSPS) is 19.1. The lowest BCUT2D eigenvalue weighted by Gasteiger charge is -2.29. The number of hydrogen-bond acceptors (Lipinski definition) is 4. The number of nitrogens with one attached hydrogen (secondary N) is 1. The Kier molecular flexibility index (Phi) is 5.73. The molecule has 0 amide bonds. The molecule has 20 heavy (non-hydrogen) atoms. The summed E-state index contributed by atoms with van der Waals surface area (Å²) in [6.45, 7) is 0.291. The fraction of sp³-hybridized carbons (Fsp3) is 0.667. The van der Waals surface area contributed by atoms with Crippen molar-refractivity contribution in [1.29, 1.82) is 0 Å². The van der Waals surface area contributed by atoms with Crippen molar-refractivity contribution in [3.8, 4) is 0 Å². The summed E-state index contributed by atoms with van der Waals surface area (Å²) < 4.78 is 28.0. The molecule has 0 bridgehead atoms. The molecule has 3 N–H and O–H groups in total. The lowest BCUT2D eigenvalue weighted by molar-refractivity contribution is 0.294. The molecule has 1 aromatic heterocycles. The Bertz CT molecular complexity index is 554. The monoisotopic (exact) mass is 356 g/mol. The van der Waals surface area contributed by atoms with E-state index in [1.54, 1.807) is 0 Å².